The Morgan fingerprint density at radius 1 is 0.830 bits per heavy atom. The number of benzene rings is 1. The zero-order chi connectivity index (χ0) is 34.1. The molecule has 262 valence electrons. The molecule has 0 aliphatic heterocycles. The lowest BCUT2D eigenvalue weighted by Crippen LogP contribution is -2.43. The molecule has 47 heavy (non-hydrogen) atoms. The maximum atomic E-state index is 12.6. The highest BCUT2D eigenvalue weighted by atomic mass is 16.5. The summed E-state index contributed by atoms with van der Waals surface area (Å²) in [5.74, 6) is -0.179. The van der Waals surface area contributed by atoms with Crippen LogP contribution >= 0.6 is 0 Å². The Labute approximate surface area is 279 Å². The lowest BCUT2D eigenvalue weighted by molar-refractivity contribution is -0.146. The summed E-state index contributed by atoms with van der Waals surface area (Å²) in [4.78, 5) is 48.6. The summed E-state index contributed by atoms with van der Waals surface area (Å²) >= 11 is 0. The molecule has 0 aliphatic rings. The van der Waals surface area contributed by atoms with E-state index in [9.17, 15) is 24.3 Å². The number of Topliss-reactive ketones (excluding diaryl/α,β-unsaturated/α-hetero) is 1. The third-order valence-corrected chi connectivity index (χ3v) is 8.35. The predicted octanol–water partition coefficient (Wildman–Crippen LogP) is 6.13. The number of carboxylic acid groups (broad SMARTS) is 1. The van der Waals surface area contributed by atoms with E-state index in [4.69, 9.17) is 4.74 Å². The molecule has 12 heteroatoms. The molecule has 12 nitrogen and oxygen atoms in total. The van der Waals surface area contributed by atoms with Crippen molar-refractivity contribution < 1.29 is 29.0 Å². The van der Waals surface area contributed by atoms with Crippen LogP contribution in [0.3, 0.4) is 0 Å². The summed E-state index contributed by atoms with van der Waals surface area (Å²) in [5, 5.41) is 25.9. The van der Waals surface area contributed by atoms with Gasteiger partial charge in [0.1, 0.15) is 24.6 Å². The van der Waals surface area contributed by atoms with Crippen LogP contribution in [0.2, 0.25) is 0 Å². The Kier molecular flexibility index (Phi) is 20.4. The first-order valence-corrected chi connectivity index (χ1v) is 17.5. The highest BCUT2D eigenvalue weighted by molar-refractivity contribution is 5.87. The number of amides is 2. The number of H-pyrrole nitrogens is 1. The number of ether oxygens (including phenoxy) is 1. The van der Waals surface area contributed by atoms with Gasteiger partial charge in [0, 0.05) is 24.4 Å². The molecular formula is C35H56N6O6. The Balaban J connectivity index is 1.39. The number of hydrogen-bond acceptors (Lipinski definition) is 8. The minimum Gasteiger partial charge on any atom is -0.494 e. The Morgan fingerprint density at radius 3 is 1.98 bits per heavy atom. The Morgan fingerprint density at radius 2 is 1.43 bits per heavy atom. The normalized spacial score (nSPS) is 11.6. The molecule has 1 aromatic heterocycles. The highest BCUT2D eigenvalue weighted by Crippen LogP contribution is 2.19. The Hall–Kier alpha value is -3.83. The first kappa shape index (κ1) is 39.3. The zero-order valence-electron chi connectivity index (χ0n) is 28.5. The van der Waals surface area contributed by atoms with Gasteiger partial charge in [0.05, 0.1) is 6.61 Å². The van der Waals surface area contributed by atoms with Gasteiger partial charge in [-0.1, -0.05) is 84.0 Å². The SMILES string of the molecule is CC(=O)[C@@H](C)CCCCNC(=O)CN(CC(=O)O)C(=O)CCCCCCCCCCCCCCCOc1ccc(-c2nn[nH]n2)cc1. The van der Waals surface area contributed by atoms with Crippen LogP contribution in [-0.4, -0.2) is 80.4 Å². The number of carbonyl (C=O) groups excluding carboxylic acids is 3. The fraction of sp³-hybridized carbons (Fsp3) is 0.686. The van der Waals surface area contributed by atoms with Crippen LogP contribution in [0.15, 0.2) is 24.3 Å². The van der Waals surface area contributed by atoms with Crippen LogP contribution in [-0.2, 0) is 19.2 Å². The number of rotatable bonds is 28. The van der Waals surface area contributed by atoms with E-state index in [0.717, 1.165) is 67.8 Å². The summed E-state index contributed by atoms with van der Waals surface area (Å²) in [5.41, 5.74) is 0.902. The van der Waals surface area contributed by atoms with Crippen molar-refractivity contribution in [2.75, 3.05) is 26.2 Å². The van der Waals surface area contributed by atoms with Crippen molar-refractivity contribution in [2.24, 2.45) is 5.92 Å². The summed E-state index contributed by atoms with van der Waals surface area (Å²) in [7, 11) is 0. The lowest BCUT2D eigenvalue weighted by atomic mass is 10.0. The average Bonchev–Trinajstić information content (AvgIpc) is 3.59. The van der Waals surface area contributed by atoms with Gasteiger partial charge in [0.15, 0.2) is 0 Å². The second kappa shape index (κ2) is 24.4. The molecule has 1 heterocycles. The van der Waals surface area contributed by atoms with Crippen molar-refractivity contribution >= 4 is 23.6 Å². The van der Waals surface area contributed by atoms with Gasteiger partial charge in [-0.05, 0) is 62.1 Å². The number of nitrogens with zero attached hydrogens (tertiary/aromatic N) is 4. The number of tetrazole rings is 1. The smallest absolute Gasteiger partial charge is 0.323 e. The van der Waals surface area contributed by atoms with Crippen molar-refractivity contribution in [3.63, 3.8) is 0 Å². The van der Waals surface area contributed by atoms with Crippen molar-refractivity contribution in [1.82, 2.24) is 30.8 Å². The van der Waals surface area contributed by atoms with Gasteiger partial charge in [0.2, 0.25) is 17.6 Å². The number of aromatic amines is 1. The molecule has 0 unspecified atom stereocenters. The fourth-order valence-corrected chi connectivity index (χ4v) is 5.29. The second-order valence-electron chi connectivity index (χ2n) is 12.5. The second-order valence-corrected chi connectivity index (χ2v) is 12.5. The van der Waals surface area contributed by atoms with E-state index >= 15 is 0 Å². The van der Waals surface area contributed by atoms with E-state index in [1.807, 2.05) is 31.2 Å². The number of hydrogen-bond donors (Lipinski definition) is 3. The maximum absolute atomic E-state index is 12.6. The monoisotopic (exact) mass is 656 g/mol. The number of unbranched alkanes of at least 4 members (excludes halogenated alkanes) is 13. The minimum atomic E-state index is -1.13. The molecule has 0 aliphatic carbocycles. The van der Waals surface area contributed by atoms with E-state index in [-0.39, 0.29) is 36.5 Å². The van der Waals surface area contributed by atoms with Gasteiger partial charge < -0.3 is 20.1 Å². The van der Waals surface area contributed by atoms with Gasteiger partial charge in [-0.15, -0.1) is 10.2 Å². The van der Waals surface area contributed by atoms with E-state index in [1.54, 1.807) is 6.92 Å². The number of aromatic nitrogens is 4. The van der Waals surface area contributed by atoms with Crippen molar-refractivity contribution in [2.45, 2.75) is 123 Å². The molecule has 0 bridgehead atoms. The van der Waals surface area contributed by atoms with Crippen LogP contribution in [0.1, 0.15) is 123 Å². The van der Waals surface area contributed by atoms with Crippen LogP contribution in [0.25, 0.3) is 11.4 Å². The number of carboxylic acids is 1. The molecule has 0 saturated carbocycles. The van der Waals surface area contributed by atoms with Crippen LogP contribution < -0.4 is 10.1 Å². The molecule has 0 saturated heterocycles. The third-order valence-electron chi connectivity index (χ3n) is 8.35. The van der Waals surface area contributed by atoms with Gasteiger partial charge >= 0.3 is 5.97 Å². The molecule has 3 N–H and O–H groups in total. The zero-order valence-corrected chi connectivity index (χ0v) is 28.5. The van der Waals surface area contributed by atoms with Crippen LogP contribution in [0.5, 0.6) is 5.75 Å². The van der Waals surface area contributed by atoms with Gasteiger partial charge in [0.25, 0.3) is 0 Å². The first-order valence-electron chi connectivity index (χ1n) is 17.5. The molecule has 2 amide bonds. The van der Waals surface area contributed by atoms with Crippen molar-refractivity contribution in [3.8, 4) is 17.1 Å². The lowest BCUT2D eigenvalue weighted by Gasteiger charge is -2.20. The van der Waals surface area contributed by atoms with Crippen LogP contribution in [0.4, 0.5) is 0 Å². The maximum Gasteiger partial charge on any atom is 0.323 e. The number of nitrogens with one attached hydrogen (secondary N) is 2. The summed E-state index contributed by atoms with van der Waals surface area (Å²) in [6.07, 6.45) is 17.3. The third kappa shape index (κ3) is 18.8. The molecule has 2 rings (SSSR count). The average molecular weight is 657 g/mol. The van der Waals surface area contributed by atoms with E-state index in [1.165, 1.54) is 51.4 Å². The summed E-state index contributed by atoms with van der Waals surface area (Å²) < 4.78 is 5.84. The van der Waals surface area contributed by atoms with Crippen LogP contribution in [0, 0.1) is 5.92 Å². The minimum absolute atomic E-state index is 0.0146. The molecule has 1 atom stereocenters. The summed E-state index contributed by atoms with van der Waals surface area (Å²) in [6, 6.07) is 7.72. The summed E-state index contributed by atoms with van der Waals surface area (Å²) in [6.45, 7) is 3.91. The number of carbonyl (C=O) groups is 4. The van der Waals surface area contributed by atoms with Gasteiger partial charge in [-0.3, -0.25) is 19.2 Å². The molecule has 0 spiro atoms. The number of aliphatic carboxylic acids is 1. The van der Waals surface area contributed by atoms with E-state index < -0.39 is 12.5 Å². The molecule has 1 aromatic carbocycles. The van der Waals surface area contributed by atoms with Gasteiger partial charge in [-0.2, -0.15) is 5.21 Å². The van der Waals surface area contributed by atoms with Crippen molar-refractivity contribution in [3.05, 3.63) is 24.3 Å². The quantitative estimate of drug-likeness (QED) is 0.0913. The molecule has 0 fully saturated rings. The van der Waals surface area contributed by atoms with E-state index in [0.29, 0.717) is 18.8 Å². The predicted molar refractivity (Wildman–Crippen MR) is 181 cm³/mol. The highest BCUT2D eigenvalue weighted by Gasteiger charge is 2.19. The molecule has 2 aromatic rings. The largest absolute Gasteiger partial charge is 0.494 e. The standard InChI is InChI=1S/C35H56N6O6/c1-28(29(2)42)18-15-16-24-36-32(43)26-41(27-34(45)46)33(44)19-14-12-10-8-6-4-3-5-7-9-11-13-17-25-47-31-22-20-30(21-23-31)35-37-39-40-38-35/h20-23,28H,3-19,24-27H2,1-2H3,(H,36,43)(H,45,46)(H,37,38,39,40)/t28-/m0/s1. The topological polar surface area (TPSA) is 167 Å². The molecule has 0 radical (unpaired) electrons. The van der Waals surface area contributed by atoms with E-state index in [2.05, 4.69) is 25.9 Å². The first-order chi connectivity index (χ1) is 22.8. The van der Waals surface area contributed by atoms with Gasteiger partial charge in [-0.25, -0.2) is 0 Å². The van der Waals surface area contributed by atoms with Crippen molar-refractivity contribution in [1.29, 1.82) is 0 Å². The fourth-order valence-electron chi connectivity index (χ4n) is 5.29. The number of ketones is 1. The molecular weight excluding hydrogens is 600 g/mol. The Bertz CT molecular complexity index is 1160.